The molecule has 0 amide bonds. The van der Waals surface area contributed by atoms with Gasteiger partial charge in [-0.05, 0) is 114 Å². The van der Waals surface area contributed by atoms with Crippen molar-refractivity contribution in [2.24, 2.45) is 5.41 Å². The molecule has 88 heavy (non-hydrogen) atoms. The molecule has 7 heterocycles. The molecule has 7 aromatic heterocycles. The van der Waals surface area contributed by atoms with Crippen molar-refractivity contribution in [1.29, 1.82) is 0 Å². The van der Waals surface area contributed by atoms with Crippen molar-refractivity contribution < 1.29 is 93.6 Å². The van der Waals surface area contributed by atoms with E-state index in [9.17, 15) is 33.6 Å². The summed E-state index contributed by atoms with van der Waals surface area (Å²) in [4.78, 5) is 81.8. The van der Waals surface area contributed by atoms with Crippen LogP contribution in [0.25, 0.3) is 0 Å². The molecular weight excluding hydrogens is 1170 g/mol. The fourth-order valence-corrected chi connectivity index (χ4v) is 6.31. The maximum atomic E-state index is 12.0. The van der Waals surface area contributed by atoms with Crippen LogP contribution in [0.2, 0.25) is 0 Å². The van der Waals surface area contributed by atoms with E-state index in [0.29, 0.717) is 45.7 Å². The van der Waals surface area contributed by atoms with Gasteiger partial charge >= 0.3 is 35.8 Å². The van der Waals surface area contributed by atoms with Gasteiger partial charge in [-0.3, -0.25) is 4.79 Å². The normalized spacial score (nSPS) is 10.5. The molecule has 3 aromatic carbocycles. The zero-order valence-corrected chi connectivity index (χ0v) is 49.8. The van der Waals surface area contributed by atoms with Crippen molar-refractivity contribution in [3.05, 3.63) is 195 Å². The first-order chi connectivity index (χ1) is 41.9. The Kier molecular flexibility index (Phi) is 23.4. The number of para-hydroxylation sites is 2. The van der Waals surface area contributed by atoms with Gasteiger partial charge in [-0.2, -0.15) is 0 Å². The lowest BCUT2D eigenvalue weighted by Crippen LogP contribution is -2.13. The van der Waals surface area contributed by atoms with Gasteiger partial charge in [-0.1, -0.05) is 94.8 Å². The highest BCUT2D eigenvalue weighted by atomic mass is 35.5. The Morgan fingerprint density at radius 1 is 0.341 bits per heavy atom. The first-order valence-electron chi connectivity index (χ1n) is 26.2. The highest BCUT2D eigenvalue weighted by molar-refractivity contribution is 6.67. The fourth-order valence-electron chi connectivity index (χ4n) is 6.22. The Balaban J connectivity index is 0.000000187. The number of hydrogen-bond donors (Lipinski definition) is 0. The molecule has 458 valence electrons. The van der Waals surface area contributed by atoms with Crippen LogP contribution in [-0.2, 0) is 0 Å². The summed E-state index contributed by atoms with van der Waals surface area (Å²) in [6, 6.07) is 28.5. The average Bonchev–Trinajstić information content (AvgIpc) is 4.58. The summed E-state index contributed by atoms with van der Waals surface area (Å²) in [7, 11) is 0. The summed E-state index contributed by atoms with van der Waals surface area (Å²) in [6.45, 7) is 20.7. The van der Waals surface area contributed by atoms with Gasteiger partial charge in [0, 0.05) is 48.5 Å². The largest absolute Gasteiger partial charge is 0.422 e. The van der Waals surface area contributed by atoms with Crippen LogP contribution in [-0.4, -0.2) is 77.2 Å². The number of carbonyl (C=O) groups is 7. The summed E-state index contributed by atoms with van der Waals surface area (Å²) < 4.78 is 64.5. The van der Waals surface area contributed by atoms with Crippen LogP contribution in [0.1, 0.15) is 154 Å². The summed E-state index contributed by atoms with van der Waals surface area (Å²) in [5.74, 6) is 0.507. The molecule has 10 rings (SSSR count). The Hall–Kier alpha value is -11.1. The van der Waals surface area contributed by atoms with Crippen LogP contribution in [0, 0.1) is 53.9 Å². The van der Waals surface area contributed by atoms with Gasteiger partial charge in [-0.25, -0.2) is 28.8 Å². The minimum Gasteiger partial charge on any atom is -0.422 e. The van der Waals surface area contributed by atoms with Crippen molar-refractivity contribution in [2.75, 3.05) is 0 Å². The first-order valence-corrected chi connectivity index (χ1v) is 26.6. The van der Waals surface area contributed by atoms with Gasteiger partial charge in [0.1, 0.15) is 63.3 Å². The van der Waals surface area contributed by atoms with Crippen LogP contribution in [0.15, 0.2) is 147 Å². The van der Waals surface area contributed by atoms with Crippen molar-refractivity contribution in [2.45, 2.75) is 89.0 Å². The number of benzene rings is 3. The molecule has 0 aliphatic carbocycles. The molecule has 0 fully saturated rings. The number of rotatable bonds is 15. The van der Waals surface area contributed by atoms with E-state index in [-0.39, 0.29) is 74.4 Å². The third-order valence-electron chi connectivity index (χ3n) is 11.5. The highest BCUT2D eigenvalue weighted by Gasteiger charge is 2.22. The van der Waals surface area contributed by atoms with E-state index in [0.717, 1.165) is 0 Å². The molecule has 0 spiro atoms. The number of ether oxygens (including phenoxy) is 6. The lowest BCUT2D eigenvalue weighted by Gasteiger charge is -2.18. The average molecular weight is 1230 g/mol. The molecular formula is C60H56ClN7O20. The molecule has 0 unspecified atom stereocenters. The number of hydrogen-bond acceptors (Lipinski definition) is 27. The van der Waals surface area contributed by atoms with Crippen LogP contribution in [0.3, 0.4) is 0 Å². The number of halogens is 1. The molecule has 0 aliphatic rings. The molecule has 0 saturated carbocycles. The van der Waals surface area contributed by atoms with E-state index in [4.69, 9.17) is 67.2 Å². The van der Waals surface area contributed by atoms with Gasteiger partial charge < -0.3 is 60.1 Å². The second-order valence-electron chi connectivity index (χ2n) is 19.1. The van der Waals surface area contributed by atoms with E-state index < -0.39 is 41.1 Å². The summed E-state index contributed by atoms with van der Waals surface area (Å²) in [5.41, 5.74) is 1.02. The van der Waals surface area contributed by atoms with Crippen LogP contribution < -0.4 is 28.4 Å². The lowest BCUT2D eigenvalue weighted by atomic mass is 9.88. The van der Waals surface area contributed by atoms with E-state index in [1.807, 2.05) is 0 Å². The van der Waals surface area contributed by atoms with E-state index in [2.05, 4.69) is 68.3 Å². The molecule has 27 nitrogen and oxygen atoms in total. The molecule has 0 bridgehead atoms. The molecule has 0 N–H and O–H groups in total. The number of esters is 6. The number of aryl methyl sites for hydroxylation is 7. The van der Waals surface area contributed by atoms with E-state index >= 15 is 0 Å². The van der Waals surface area contributed by atoms with Crippen LogP contribution in [0.5, 0.6) is 34.5 Å². The zero-order chi connectivity index (χ0) is 64.1. The number of aromatic nitrogens is 7. The molecule has 0 saturated heterocycles. The van der Waals surface area contributed by atoms with Gasteiger partial charge in [0.25, 0.3) is 5.24 Å². The molecule has 0 aliphatic heterocycles. The standard InChI is InChI=1S/3C16H12N2O6.C7H16.C5H4ClNO2/c1-9-7-13(17-23-9)15(19)21-11-3-5-12(6-4-11)22-16(20)14-8-10(2)24-18-14;1-9-6-13(17-23-9)15(19)21-11-4-3-5-12(8-11)22-16(20)14-7-10(2)24-18-14;1-9-7-11(17-23-9)15(19)21-13-5-3-4-6-14(13)22-16(20)12-8-10(2)24-18-12;1-5-7(3,4)6-2;1-3-2-4(5(6)8)7-9-3/h3*3-8H,1-2H3;5-6H2,1-4H3;2H,1H3. The second-order valence-corrected chi connectivity index (χ2v) is 19.5. The Bertz CT molecular complexity index is 3770. The van der Waals surface area contributed by atoms with Crippen molar-refractivity contribution >= 4 is 52.7 Å². The number of carbonyl (C=O) groups excluding carboxylic acids is 7. The van der Waals surface area contributed by atoms with E-state index in [1.54, 1.807) is 78.8 Å². The molecule has 0 radical (unpaired) electrons. The third kappa shape index (κ3) is 20.6. The minimum atomic E-state index is -0.729. The maximum absolute atomic E-state index is 12.0. The van der Waals surface area contributed by atoms with Crippen molar-refractivity contribution in [3.63, 3.8) is 0 Å². The summed E-state index contributed by atoms with van der Waals surface area (Å²) in [6.07, 6.45) is 2.59. The van der Waals surface area contributed by atoms with Gasteiger partial charge in [-0.15, -0.1) is 0 Å². The molecule has 28 heteroatoms. The lowest BCUT2D eigenvalue weighted by molar-refractivity contribution is 0.0671. The van der Waals surface area contributed by atoms with Gasteiger partial charge in [0.2, 0.25) is 0 Å². The Morgan fingerprint density at radius 2 is 0.580 bits per heavy atom. The van der Waals surface area contributed by atoms with Crippen LogP contribution >= 0.6 is 11.6 Å². The van der Waals surface area contributed by atoms with E-state index in [1.165, 1.54) is 97.8 Å². The summed E-state index contributed by atoms with van der Waals surface area (Å²) >= 11 is 5.06. The van der Waals surface area contributed by atoms with Crippen molar-refractivity contribution in [1.82, 2.24) is 36.1 Å². The Labute approximate surface area is 505 Å². The third-order valence-corrected chi connectivity index (χ3v) is 11.7. The highest BCUT2D eigenvalue weighted by Crippen LogP contribution is 2.29. The predicted octanol–water partition coefficient (Wildman–Crippen LogP) is 12.3. The number of nitrogens with zero attached hydrogens (tertiary/aromatic N) is 7. The van der Waals surface area contributed by atoms with Gasteiger partial charge in [0.05, 0.1) is 0 Å². The topological polar surface area (TPSA) is 357 Å². The monoisotopic (exact) mass is 1230 g/mol. The Morgan fingerprint density at radius 3 is 0.784 bits per heavy atom. The van der Waals surface area contributed by atoms with Crippen LogP contribution in [0.4, 0.5) is 0 Å². The van der Waals surface area contributed by atoms with Gasteiger partial charge in [0.15, 0.2) is 51.4 Å². The SMILES string of the molecule is CCC(C)(C)CC.Cc1cc(C(=O)Cl)no1.Cc1cc(C(=O)Oc2ccc(OC(=O)c3cc(C)on3)cc2)no1.Cc1cc(C(=O)Oc2cccc(OC(=O)c3cc(C)on3)c2)no1.Cc1cc(C(=O)Oc2ccccc2OC(=O)c2cc(C)on2)no1. The predicted molar refractivity (Wildman–Crippen MR) is 302 cm³/mol. The molecule has 10 aromatic rings. The summed E-state index contributed by atoms with van der Waals surface area (Å²) in [5, 5.41) is 24.2. The maximum Gasteiger partial charge on any atom is 0.366 e. The zero-order valence-electron chi connectivity index (χ0n) is 49.1. The van der Waals surface area contributed by atoms with Crippen molar-refractivity contribution in [3.8, 4) is 34.5 Å². The molecule has 0 atom stereocenters. The quantitative estimate of drug-likeness (QED) is 0.0522. The first kappa shape index (κ1) is 66.1. The smallest absolute Gasteiger partial charge is 0.366 e. The minimum absolute atomic E-state index is 0.0146. The second kappa shape index (κ2) is 31.2. The fraction of sp³-hybridized carbons (Fsp3) is 0.233.